The molecule has 0 saturated heterocycles. The van der Waals surface area contributed by atoms with Crippen LogP contribution in [0.2, 0.25) is 0 Å². The molecule has 2 aromatic rings. The van der Waals surface area contributed by atoms with Crippen LogP contribution in [0.1, 0.15) is 37.5 Å². The van der Waals surface area contributed by atoms with Crippen LogP contribution in [0.15, 0.2) is 40.9 Å². The van der Waals surface area contributed by atoms with E-state index < -0.39 is 5.60 Å². The zero-order chi connectivity index (χ0) is 16.6. The second kappa shape index (κ2) is 6.00. The van der Waals surface area contributed by atoms with Crippen molar-refractivity contribution in [1.82, 2.24) is 0 Å². The van der Waals surface area contributed by atoms with Gasteiger partial charge in [0.25, 0.3) is 0 Å². The van der Waals surface area contributed by atoms with Gasteiger partial charge in [-0.2, -0.15) is 0 Å². The minimum atomic E-state index is -0.472. The average Bonchev–Trinajstić information content (AvgIpc) is 2.45. The first-order valence-electron chi connectivity index (χ1n) is 7.61. The van der Waals surface area contributed by atoms with Crippen molar-refractivity contribution < 1.29 is 14.3 Å². The van der Waals surface area contributed by atoms with Crippen LogP contribution in [0.3, 0.4) is 0 Å². The topological polar surface area (TPSA) is 35.5 Å². The fourth-order valence-electron chi connectivity index (χ4n) is 2.71. The number of carbonyl (C=O) groups excluding carboxylic acids is 1. The van der Waals surface area contributed by atoms with E-state index in [0.717, 1.165) is 39.1 Å². The highest BCUT2D eigenvalue weighted by Crippen LogP contribution is 2.42. The summed E-state index contributed by atoms with van der Waals surface area (Å²) in [5, 5.41) is 0. The lowest BCUT2D eigenvalue weighted by Gasteiger charge is -2.24. The predicted octanol–water partition coefficient (Wildman–Crippen LogP) is 5.03. The molecule has 1 heterocycles. The van der Waals surface area contributed by atoms with Gasteiger partial charge in [0, 0.05) is 17.5 Å². The number of fused-ring (bicyclic) bond motifs is 2. The molecule has 0 unspecified atom stereocenters. The van der Waals surface area contributed by atoms with E-state index >= 15 is 0 Å². The molecule has 0 saturated carbocycles. The van der Waals surface area contributed by atoms with Crippen molar-refractivity contribution in [2.24, 2.45) is 0 Å². The van der Waals surface area contributed by atoms with Gasteiger partial charge in [-0.05, 0) is 54.4 Å². The summed E-state index contributed by atoms with van der Waals surface area (Å²) in [6, 6.07) is 11.8. The lowest BCUT2D eigenvalue weighted by Crippen LogP contribution is -2.25. The number of hydrogen-bond donors (Lipinski definition) is 0. The van der Waals surface area contributed by atoms with Crippen molar-refractivity contribution in [2.45, 2.75) is 39.2 Å². The second-order valence-corrected chi connectivity index (χ2v) is 7.52. The van der Waals surface area contributed by atoms with Crippen molar-refractivity contribution >= 4 is 21.9 Å². The molecule has 23 heavy (non-hydrogen) atoms. The third-order valence-electron chi connectivity index (χ3n) is 3.61. The Hall–Kier alpha value is -1.81. The van der Waals surface area contributed by atoms with Gasteiger partial charge >= 0.3 is 5.97 Å². The maximum absolute atomic E-state index is 12.1. The number of hydrogen-bond acceptors (Lipinski definition) is 3. The molecular weight excluding hydrogens is 356 g/mol. The minimum absolute atomic E-state index is 0.217. The molecule has 0 N–H and O–H groups in total. The van der Waals surface area contributed by atoms with E-state index in [1.165, 1.54) is 0 Å². The highest BCUT2D eigenvalue weighted by molar-refractivity contribution is 9.10. The molecule has 0 amide bonds. The molecular formula is C19H19BrO3. The summed E-state index contributed by atoms with van der Waals surface area (Å²) < 4.78 is 12.4. The van der Waals surface area contributed by atoms with Crippen molar-refractivity contribution in [3.05, 3.63) is 57.6 Å². The van der Waals surface area contributed by atoms with Gasteiger partial charge in [-0.1, -0.05) is 24.3 Å². The molecule has 1 aliphatic heterocycles. The molecule has 0 atom stereocenters. The summed E-state index contributed by atoms with van der Waals surface area (Å²) in [6.45, 7) is 5.63. The van der Waals surface area contributed by atoms with Crippen LogP contribution < -0.4 is 4.74 Å². The Morgan fingerprint density at radius 1 is 1.22 bits per heavy atom. The number of esters is 1. The number of rotatable bonds is 2. The van der Waals surface area contributed by atoms with Crippen molar-refractivity contribution in [2.75, 3.05) is 0 Å². The van der Waals surface area contributed by atoms with Gasteiger partial charge in [0.2, 0.25) is 0 Å². The molecule has 3 rings (SSSR count). The maximum atomic E-state index is 12.1. The molecule has 0 fully saturated rings. The van der Waals surface area contributed by atoms with E-state index in [1.807, 2.05) is 57.2 Å². The number of carbonyl (C=O) groups is 1. The summed E-state index contributed by atoms with van der Waals surface area (Å²) in [6.07, 6.45) is 1.01. The van der Waals surface area contributed by atoms with Crippen molar-refractivity contribution in [3.63, 3.8) is 0 Å². The van der Waals surface area contributed by atoms with Gasteiger partial charge in [-0.15, -0.1) is 0 Å². The van der Waals surface area contributed by atoms with E-state index in [9.17, 15) is 4.79 Å². The largest absolute Gasteiger partial charge is 0.460 e. The van der Waals surface area contributed by atoms with E-state index in [0.29, 0.717) is 0 Å². The van der Waals surface area contributed by atoms with Crippen LogP contribution >= 0.6 is 15.9 Å². The van der Waals surface area contributed by atoms with Crippen LogP contribution in [0.4, 0.5) is 0 Å². The Morgan fingerprint density at radius 3 is 2.70 bits per heavy atom. The minimum Gasteiger partial charge on any atom is -0.460 e. The molecule has 0 bridgehead atoms. The van der Waals surface area contributed by atoms with E-state index in [2.05, 4.69) is 15.9 Å². The number of ether oxygens (including phenoxy) is 2. The van der Waals surface area contributed by atoms with E-state index in [1.54, 1.807) is 0 Å². The lowest BCUT2D eigenvalue weighted by atomic mass is 9.94. The maximum Gasteiger partial charge on any atom is 0.310 e. The Balaban J connectivity index is 1.88. The quantitative estimate of drug-likeness (QED) is 0.590. The number of benzene rings is 2. The predicted molar refractivity (Wildman–Crippen MR) is 93.0 cm³/mol. The second-order valence-electron chi connectivity index (χ2n) is 6.66. The van der Waals surface area contributed by atoms with Crippen LogP contribution in [-0.2, 0) is 22.4 Å². The van der Waals surface area contributed by atoms with Gasteiger partial charge in [0.1, 0.15) is 17.1 Å². The van der Waals surface area contributed by atoms with Gasteiger partial charge < -0.3 is 9.47 Å². The van der Waals surface area contributed by atoms with Gasteiger partial charge in [0.05, 0.1) is 10.9 Å². The summed E-state index contributed by atoms with van der Waals surface area (Å²) >= 11 is 3.53. The van der Waals surface area contributed by atoms with Gasteiger partial charge in [-0.25, -0.2) is 0 Å². The number of halogens is 1. The molecule has 120 valence electrons. The summed E-state index contributed by atoms with van der Waals surface area (Å²) in [7, 11) is 0. The Kier molecular flexibility index (Phi) is 4.19. The monoisotopic (exact) mass is 374 g/mol. The third kappa shape index (κ3) is 3.58. The molecule has 4 heteroatoms. The van der Waals surface area contributed by atoms with Crippen LogP contribution in [0, 0.1) is 0 Å². The van der Waals surface area contributed by atoms with Crippen LogP contribution in [-0.4, -0.2) is 11.6 Å². The van der Waals surface area contributed by atoms with Gasteiger partial charge in [-0.3, -0.25) is 4.79 Å². The average molecular weight is 375 g/mol. The van der Waals surface area contributed by atoms with Crippen molar-refractivity contribution in [1.29, 1.82) is 0 Å². The molecule has 1 aliphatic rings. The molecule has 0 radical (unpaired) electrons. The van der Waals surface area contributed by atoms with Crippen LogP contribution in [0.5, 0.6) is 11.5 Å². The molecule has 0 aromatic heterocycles. The normalized spacial score (nSPS) is 12.9. The summed E-state index contributed by atoms with van der Waals surface area (Å²) in [5.74, 6) is 1.45. The summed E-state index contributed by atoms with van der Waals surface area (Å²) in [4.78, 5) is 12.1. The lowest BCUT2D eigenvalue weighted by molar-refractivity contribution is -0.153. The first-order chi connectivity index (χ1) is 10.8. The van der Waals surface area contributed by atoms with Gasteiger partial charge in [0.15, 0.2) is 0 Å². The van der Waals surface area contributed by atoms with E-state index in [4.69, 9.17) is 9.47 Å². The molecule has 0 aliphatic carbocycles. The highest BCUT2D eigenvalue weighted by atomic mass is 79.9. The standard InChI is InChI=1S/C19H19BrO3/c1-19(2,3)23-17(21)11-12-6-5-9-16-14(12)10-13-7-4-8-15(20)18(13)22-16/h4-9H,10-11H2,1-3H3. The fraction of sp³-hybridized carbons (Fsp3) is 0.316. The van der Waals surface area contributed by atoms with E-state index in [-0.39, 0.29) is 12.4 Å². The number of para-hydroxylation sites is 1. The zero-order valence-corrected chi connectivity index (χ0v) is 15.1. The third-order valence-corrected chi connectivity index (χ3v) is 4.24. The smallest absolute Gasteiger partial charge is 0.310 e. The Labute approximate surface area is 144 Å². The SMILES string of the molecule is CC(C)(C)OC(=O)Cc1cccc2c1Cc1cccc(Br)c1O2. The van der Waals surface area contributed by atoms with Crippen LogP contribution in [0.25, 0.3) is 0 Å². The van der Waals surface area contributed by atoms with Crippen molar-refractivity contribution in [3.8, 4) is 11.5 Å². The highest BCUT2D eigenvalue weighted by Gasteiger charge is 2.23. The fourth-order valence-corrected chi connectivity index (χ4v) is 3.20. The first kappa shape index (κ1) is 16.1. The Morgan fingerprint density at radius 2 is 1.96 bits per heavy atom. The molecule has 2 aromatic carbocycles. The molecule has 0 spiro atoms. The Bertz CT molecular complexity index is 760. The molecule has 3 nitrogen and oxygen atoms in total. The first-order valence-corrected chi connectivity index (χ1v) is 8.40. The zero-order valence-electron chi connectivity index (χ0n) is 13.5. The summed E-state index contributed by atoms with van der Waals surface area (Å²) in [5.41, 5.74) is 2.66.